The molecular weight excluding hydrogens is 214 g/mol. The van der Waals surface area contributed by atoms with Gasteiger partial charge in [-0.1, -0.05) is 36.4 Å². The van der Waals surface area contributed by atoms with Crippen LogP contribution in [0.5, 0.6) is 5.75 Å². The van der Waals surface area contributed by atoms with Crippen LogP contribution in [-0.2, 0) is 0 Å². The highest BCUT2D eigenvalue weighted by atomic mass is 16.5. The van der Waals surface area contributed by atoms with E-state index in [0.717, 1.165) is 11.1 Å². The molecule has 0 aliphatic carbocycles. The fourth-order valence-corrected chi connectivity index (χ4v) is 1.49. The van der Waals surface area contributed by atoms with Crippen molar-refractivity contribution in [3.05, 3.63) is 65.7 Å². The molecule has 3 heteroatoms. The first-order valence-corrected chi connectivity index (χ1v) is 5.32. The largest absolute Gasteiger partial charge is 0.436 e. The van der Waals surface area contributed by atoms with Gasteiger partial charge in [0.1, 0.15) is 5.75 Å². The van der Waals surface area contributed by atoms with E-state index in [0.29, 0.717) is 5.75 Å². The van der Waals surface area contributed by atoms with Gasteiger partial charge in [0, 0.05) is 5.56 Å². The first-order chi connectivity index (χ1) is 8.31. The van der Waals surface area contributed by atoms with E-state index >= 15 is 0 Å². The molecule has 2 aromatic carbocycles. The second-order valence-corrected chi connectivity index (χ2v) is 3.64. The molecular formula is C14H13NO2. The molecule has 2 rings (SSSR count). The molecule has 0 saturated carbocycles. The summed E-state index contributed by atoms with van der Waals surface area (Å²) in [4.78, 5) is 0. The van der Waals surface area contributed by atoms with Crippen molar-refractivity contribution in [3.8, 4) is 5.75 Å². The van der Waals surface area contributed by atoms with E-state index in [1.165, 1.54) is 0 Å². The van der Waals surface area contributed by atoms with E-state index in [4.69, 9.17) is 9.94 Å². The van der Waals surface area contributed by atoms with Crippen molar-refractivity contribution in [1.29, 1.82) is 0 Å². The van der Waals surface area contributed by atoms with Crippen molar-refractivity contribution < 1.29 is 9.94 Å². The van der Waals surface area contributed by atoms with Crippen molar-refractivity contribution in [2.45, 2.75) is 6.92 Å². The van der Waals surface area contributed by atoms with E-state index in [1.54, 1.807) is 0 Å². The Morgan fingerprint density at radius 3 is 2.29 bits per heavy atom. The molecule has 1 N–H and O–H groups in total. The molecule has 0 aliphatic heterocycles. The van der Waals surface area contributed by atoms with Gasteiger partial charge in [0.15, 0.2) is 0 Å². The van der Waals surface area contributed by atoms with E-state index in [2.05, 4.69) is 5.16 Å². The maximum Gasteiger partial charge on any atom is 0.262 e. The topological polar surface area (TPSA) is 41.8 Å². The van der Waals surface area contributed by atoms with Crippen molar-refractivity contribution in [3.63, 3.8) is 0 Å². The average molecular weight is 227 g/mol. The normalized spacial score (nSPS) is 11.2. The molecule has 3 nitrogen and oxygen atoms in total. The molecule has 2 aromatic rings. The zero-order valence-corrected chi connectivity index (χ0v) is 9.50. The van der Waals surface area contributed by atoms with Crippen LogP contribution in [0.2, 0.25) is 0 Å². The zero-order chi connectivity index (χ0) is 12.1. The Labute approximate surface area is 100.0 Å². The first-order valence-electron chi connectivity index (χ1n) is 5.32. The Bertz CT molecular complexity index is 521. The van der Waals surface area contributed by atoms with Gasteiger partial charge in [-0.3, -0.25) is 0 Å². The van der Waals surface area contributed by atoms with Gasteiger partial charge in [-0.05, 0) is 35.8 Å². The van der Waals surface area contributed by atoms with Crippen LogP contribution in [0, 0.1) is 6.92 Å². The van der Waals surface area contributed by atoms with Crippen LogP contribution in [0.1, 0.15) is 11.1 Å². The number of hydrogen-bond donors (Lipinski definition) is 1. The summed E-state index contributed by atoms with van der Waals surface area (Å²) in [6.07, 6.45) is 0. The smallest absolute Gasteiger partial charge is 0.262 e. The summed E-state index contributed by atoms with van der Waals surface area (Å²) in [5, 5.41) is 12.2. The standard InChI is InChI=1S/C14H13NO2/c1-11-7-5-6-10-13(11)17-14(15-16)12-8-3-2-4-9-12/h2-10,16H,1H3. The number of benzene rings is 2. The minimum atomic E-state index is 0.194. The lowest BCUT2D eigenvalue weighted by atomic mass is 10.2. The highest BCUT2D eigenvalue weighted by molar-refractivity contribution is 5.95. The summed E-state index contributed by atoms with van der Waals surface area (Å²) >= 11 is 0. The zero-order valence-electron chi connectivity index (χ0n) is 9.50. The molecule has 0 saturated heterocycles. The summed E-state index contributed by atoms with van der Waals surface area (Å²) in [5.74, 6) is 0.879. The molecule has 17 heavy (non-hydrogen) atoms. The quantitative estimate of drug-likeness (QED) is 0.370. The van der Waals surface area contributed by atoms with Crippen molar-refractivity contribution in [1.82, 2.24) is 0 Å². The maximum atomic E-state index is 8.99. The highest BCUT2D eigenvalue weighted by Gasteiger charge is 2.07. The molecule has 0 amide bonds. The fraction of sp³-hybridized carbons (Fsp3) is 0.0714. The SMILES string of the molecule is Cc1ccccc1OC(=NO)c1ccccc1. The monoisotopic (exact) mass is 227 g/mol. The molecule has 0 spiro atoms. The predicted molar refractivity (Wildman–Crippen MR) is 66.6 cm³/mol. The number of nitrogens with zero attached hydrogens (tertiary/aromatic N) is 1. The number of ether oxygens (including phenoxy) is 1. The van der Waals surface area contributed by atoms with Crippen molar-refractivity contribution >= 4 is 5.90 Å². The lowest BCUT2D eigenvalue weighted by molar-refractivity contribution is 0.304. The van der Waals surface area contributed by atoms with Gasteiger partial charge in [0.05, 0.1) is 0 Å². The molecule has 86 valence electrons. The third-order valence-electron chi connectivity index (χ3n) is 2.41. The van der Waals surface area contributed by atoms with E-state index < -0.39 is 0 Å². The molecule has 0 atom stereocenters. The second-order valence-electron chi connectivity index (χ2n) is 3.64. The molecule has 0 unspecified atom stereocenters. The van der Waals surface area contributed by atoms with Gasteiger partial charge in [0.25, 0.3) is 5.90 Å². The predicted octanol–water partition coefficient (Wildman–Crippen LogP) is 3.21. The Hall–Kier alpha value is -2.29. The second kappa shape index (κ2) is 5.16. The van der Waals surface area contributed by atoms with Crippen molar-refractivity contribution in [2.75, 3.05) is 0 Å². The third kappa shape index (κ3) is 2.64. The fourth-order valence-electron chi connectivity index (χ4n) is 1.49. The van der Waals surface area contributed by atoms with Gasteiger partial charge in [0.2, 0.25) is 0 Å². The van der Waals surface area contributed by atoms with Crippen LogP contribution < -0.4 is 4.74 Å². The molecule has 0 aliphatic rings. The van der Waals surface area contributed by atoms with Gasteiger partial charge < -0.3 is 9.94 Å². The highest BCUT2D eigenvalue weighted by Crippen LogP contribution is 2.18. The summed E-state index contributed by atoms with van der Waals surface area (Å²) in [7, 11) is 0. The van der Waals surface area contributed by atoms with E-state index in [1.807, 2.05) is 61.5 Å². The molecule has 0 bridgehead atoms. The number of hydrogen-bond acceptors (Lipinski definition) is 3. The number of rotatable bonds is 2. The Kier molecular flexibility index (Phi) is 3.40. The lowest BCUT2D eigenvalue weighted by Crippen LogP contribution is -2.10. The first kappa shape index (κ1) is 11.2. The van der Waals surface area contributed by atoms with Gasteiger partial charge >= 0.3 is 0 Å². The minimum Gasteiger partial charge on any atom is -0.436 e. The van der Waals surface area contributed by atoms with Crippen LogP contribution in [0.4, 0.5) is 0 Å². The third-order valence-corrected chi connectivity index (χ3v) is 2.41. The molecule has 0 fully saturated rings. The summed E-state index contributed by atoms with van der Waals surface area (Å²) in [5.41, 5.74) is 1.72. The Balaban J connectivity index is 2.26. The number of oxime groups is 1. The van der Waals surface area contributed by atoms with Crippen LogP contribution >= 0.6 is 0 Å². The van der Waals surface area contributed by atoms with Crippen LogP contribution in [0.25, 0.3) is 0 Å². The van der Waals surface area contributed by atoms with Gasteiger partial charge in [-0.2, -0.15) is 0 Å². The molecule has 0 aromatic heterocycles. The Morgan fingerprint density at radius 1 is 1.00 bits per heavy atom. The van der Waals surface area contributed by atoms with E-state index in [-0.39, 0.29) is 5.90 Å². The lowest BCUT2D eigenvalue weighted by Gasteiger charge is -2.09. The summed E-state index contributed by atoms with van der Waals surface area (Å²) < 4.78 is 5.58. The van der Waals surface area contributed by atoms with Gasteiger partial charge in [-0.25, -0.2) is 0 Å². The summed E-state index contributed by atoms with van der Waals surface area (Å²) in [6, 6.07) is 16.9. The van der Waals surface area contributed by atoms with Gasteiger partial charge in [-0.15, -0.1) is 0 Å². The van der Waals surface area contributed by atoms with Crippen LogP contribution in [-0.4, -0.2) is 11.1 Å². The van der Waals surface area contributed by atoms with Crippen LogP contribution in [0.15, 0.2) is 59.8 Å². The Morgan fingerprint density at radius 2 is 1.65 bits per heavy atom. The molecule has 0 heterocycles. The minimum absolute atomic E-state index is 0.194. The number of para-hydroxylation sites is 1. The summed E-state index contributed by atoms with van der Waals surface area (Å²) in [6.45, 7) is 1.94. The average Bonchev–Trinajstić information content (AvgIpc) is 2.39. The van der Waals surface area contributed by atoms with Crippen LogP contribution in [0.3, 0.4) is 0 Å². The maximum absolute atomic E-state index is 8.99. The van der Waals surface area contributed by atoms with E-state index in [9.17, 15) is 0 Å². The van der Waals surface area contributed by atoms with Crippen molar-refractivity contribution in [2.24, 2.45) is 5.16 Å². The number of aryl methyl sites for hydroxylation is 1. The molecule has 0 radical (unpaired) electrons.